The highest BCUT2D eigenvalue weighted by atomic mass is 79.9. The monoisotopic (exact) mass is 367 g/mol. The number of aryl methyl sites for hydroxylation is 1. The van der Waals surface area contributed by atoms with Crippen LogP contribution in [0.4, 0.5) is 0 Å². The van der Waals surface area contributed by atoms with Crippen LogP contribution >= 0.6 is 27.3 Å². The van der Waals surface area contributed by atoms with Crippen molar-refractivity contribution in [1.82, 2.24) is 4.31 Å². The molecule has 0 aromatic carbocycles. The van der Waals surface area contributed by atoms with E-state index in [1.54, 1.807) is 13.0 Å². The Morgan fingerprint density at radius 3 is 2.63 bits per heavy atom. The summed E-state index contributed by atoms with van der Waals surface area (Å²) in [6, 6.07) is 1.11. The molecular weight excluding hydrogens is 354 g/mol. The van der Waals surface area contributed by atoms with Gasteiger partial charge in [0, 0.05) is 12.6 Å². The van der Waals surface area contributed by atoms with E-state index in [-0.39, 0.29) is 10.8 Å². The Labute approximate surface area is 124 Å². The van der Waals surface area contributed by atoms with Crippen molar-refractivity contribution in [3.05, 3.63) is 15.4 Å². The van der Waals surface area contributed by atoms with Gasteiger partial charge < -0.3 is 5.11 Å². The van der Waals surface area contributed by atoms with Gasteiger partial charge in [0.1, 0.15) is 4.21 Å². The maximum absolute atomic E-state index is 12.5. The van der Waals surface area contributed by atoms with Crippen molar-refractivity contribution >= 4 is 43.3 Å². The largest absolute Gasteiger partial charge is 0.481 e. The summed E-state index contributed by atoms with van der Waals surface area (Å²) >= 11 is 4.47. The molecule has 1 N–H and O–H groups in total. The fraction of sp³-hybridized carbons (Fsp3) is 0.545. The maximum atomic E-state index is 12.5. The molecule has 1 aromatic heterocycles. The Bertz CT molecular complexity index is 591. The first-order chi connectivity index (χ1) is 8.75. The molecule has 1 fully saturated rings. The Morgan fingerprint density at radius 1 is 1.58 bits per heavy atom. The van der Waals surface area contributed by atoms with E-state index in [0.29, 0.717) is 6.42 Å². The Balaban J connectivity index is 2.34. The third-order valence-corrected chi connectivity index (χ3v) is 7.98. The van der Waals surface area contributed by atoms with Crippen LogP contribution < -0.4 is 0 Å². The van der Waals surface area contributed by atoms with Crippen LogP contribution in [0.15, 0.2) is 14.1 Å². The smallest absolute Gasteiger partial charge is 0.308 e. The fourth-order valence-corrected chi connectivity index (χ4v) is 6.29. The number of halogens is 1. The zero-order chi connectivity index (χ0) is 14.4. The number of carboxylic acids is 1. The van der Waals surface area contributed by atoms with Gasteiger partial charge in [-0.3, -0.25) is 4.79 Å². The summed E-state index contributed by atoms with van der Waals surface area (Å²) in [5.41, 5.74) is 0.866. The highest BCUT2D eigenvalue weighted by molar-refractivity contribution is 9.11. The molecule has 106 valence electrons. The van der Waals surface area contributed by atoms with E-state index in [2.05, 4.69) is 15.9 Å². The van der Waals surface area contributed by atoms with Crippen molar-refractivity contribution in [1.29, 1.82) is 0 Å². The summed E-state index contributed by atoms with van der Waals surface area (Å²) in [5.74, 6) is -1.56. The molecule has 1 aliphatic rings. The topological polar surface area (TPSA) is 74.7 Å². The number of thiophene rings is 1. The molecule has 2 rings (SSSR count). The number of sulfonamides is 1. The average Bonchev–Trinajstić information content (AvgIpc) is 2.84. The van der Waals surface area contributed by atoms with Gasteiger partial charge in [-0.05, 0) is 47.8 Å². The van der Waals surface area contributed by atoms with Gasteiger partial charge in [0.25, 0.3) is 10.0 Å². The lowest BCUT2D eigenvalue weighted by molar-refractivity contribution is -0.142. The van der Waals surface area contributed by atoms with Gasteiger partial charge in [0.15, 0.2) is 0 Å². The van der Waals surface area contributed by atoms with Crippen molar-refractivity contribution in [3.8, 4) is 0 Å². The quantitative estimate of drug-likeness (QED) is 0.889. The number of carbonyl (C=O) groups is 1. The second-order valence-corrected chi connectivity index (χ2v) is 9.10. The third kappa shape index (κ3) is 2.58. The van der Waals surface area contributed by atoms with Crippen LogP contribution in [0.2, 0.25) is 0 Å². The summed E-state index contributed by atoms with van der Waals surface area (Å²) in [4.78, 5) is 11.1. The zero-order valence-electron chi connectivity index (χ0n) is 10.5. The molecule has 0 bridgehead atoms. The lowest BCUT2D eigenvalue weighted by Crippen LogP contribution is -2.37. The summed E-state index contributed by atoms with van der Waals surface area (Å²) < 4.78 is 27.3. The number of nitrogens with zero attached hydrogens (tertiary/aromatic N) is 1. The predicted octanol–water partition coefficient (Wildman–Crippen LogP) is 2.30. The molecule has 2 atom stereocenters. The molecule has 0 amide bonds. The number of carboxylic acid groups (broad SMARTS) is 1. The van der Waals surface area contributed by atoms with E-state index in [1.807, 2.05) is 6.92 Å². The fourth-order valence-electron chi connectivity index (χ4n) is 2.26. The standard InChI is InChI=1S/C11H14BrNO4S2/c1-6-5-9(18-10(6)12)19(16,17)13-4-3-8(7(13)2)11(14)15/h5,7-8H,3-4H2,1-2H3,(H,14,15). The number of aliphatic carboxylic acids is 1. The third-order valence-electron chi connectivity index (χ3n) is 3.41. The summed E-state index contributed by atoms with van der Waals surface area (Å²) in [5, 5.41) is 9.06. The van der Waals surface area contributed by atoms with Gasteiger partial charge >= 0.3 is 5.97 Å². The summed E-state index contributed by atoms with van der Waals surface area (Å²) in [6.07, 6.45) is 0.362. The van der Waals surface area contributed by atoms with Gasteiger partial charge in [0.05, 0.1) is 9.70 Å². The van der Waals surface area contributed by atoms with Crippen molar-refractivity contribution in [3.63, 3.8) is 0 Å². The molecule has 5 nitrogen and oxygen atoms in total. The van der Waals surface area contributed by atoms with Crippen LogP contribution in [0.25, 0.3) is 0 Å². The normalized spacial score (nSPS) is 24.8. The Hall–Kier alpha value is -0.440. The lowest BCUT2D eigenvalue weighted by atomic mass is 10.0. The number of hydrogen-bond acceptors (Lipinski definition) is 4. The van der Waals surface area contributed by atoms with E-state index in [4.69, 9.17) is 5.11 Å². The molecule has 19 heavy (non-hydrogen) atoms. The van der Waals surface area contributed by atoms with Gasteiger partial charge in [-0.15, -0.1) is 11.3 Å². The van der Waals surface area contributed by atoms with Gasteiger partial charge in [-0.25, -0.2) is 8.42 Å². The van der Waals surface area contributed by atoms with E-state index in [9.17, 15) is 13.2 Å². The van der Waals surface area contributed by atoms with Crippen LogP contribution in [0.1, 0.15) is 18.9 Å². The maximum Gasteiger partial charge on any atom is 0.308 e. The summed E-state index contributed by atoms with van der Waals surface area (Å²) in [7, 11) is -3.60. The minimum atomic E-state index is -3.60. The van der Waals surface area contributed by atoms with Crippen LogP contribution in [0.3, 0.4) is 0 Å². The van der Waals surface area contributed by atoms with Crippen molar-refractivity contribution in [2.24, 2.45) is 5.92 Å². The highest BCUT2D eigenvalue weighted by Gasteiger charge is 2.42. The second-order valence-electron chi connectivity index (χ2n) is 4.61. The van der Waals surface area contributed by atoms with E-state index in [0.717, 1.165) is 20.7 Å². The number of hydrogen-bond donors (Lipinski definition) is 1. The molecule has 1 aliphatic heterocycles. The molecule has 1 saturated heterocycles. The predicted molar refractivity (Wildman–Crippen MR) is 75.9 cm³/mol. The molecule has 0 radical (unpaired) electrons. The van der Waals surface area contributed by atoms with E-state index in [1.165, 1.54) is 4.31 Å². The molecular formula is C11H14BrNO4S2. The minimum absolute atomic E-state index is 0.259. The molecule has 0 spiro atoms. The Morgan fingerprint density at radius 2 is 2.21 bits per heavy atom. The van der Waals surface area contributed by atoms with Gasteiger partial charge in [0.2, 0.25) is 0 Å². The lowest BCUT2D eigenvalue weighted by Gasteiger charge is -2.21. The molecule has 1 aromatic rings. The first-order valence-corrected chi connectivity index (χ1v) is 8.80. The van der Waals surface area contributed by atoms with Crippen LogP contribution in [-0.2, 0) is 14.8 Å². The van der Waals surface area contributed by atoms with E-state index >= 15 is 0 Å². The van der Waals surface area contributed by atoms with E-state index < -0.39 is 28.0 Å². The average molecular weight is 368 g/mol. The molecule has 0 saturated carbocycles. The van der Waals surface area contributed by atoms with Crippen LogP contribution in [0.5, 0.6) is 0 Å². The number of rotatable bonds is 3. The van der Waals surface area contributed by atoms with Crippen molar-refractivity contribution in [2.45, 2.75) is 30.5 Å². The van der Waals surface area contributed by atoms with Gasteiger partial charge in [-0.2, -0.15) is 4.31 Å². The molecule has 2 unspecified atom stereocenters. The SMILES string of the molecule is Cc1cc(S(=O)(=O)N2CCC(C(=O)O)C2C)sc1Br. The summed E-state index contributed by atoms with van der Waals surface area (Å²) in [6.45, 7) is 3.74. The zero-order valence-corrected chi connectivity index (χ0v) is 13.7. The second kappa shape index (κ2) is 5.16. The molecule has 8 heteroatoms. The Kier molecular flexibility index (Phi) is 4.06. The van der Waals surface area contributed by atoms with Crippen LogP contribution in [-0.4, -0.2) is 36.4 Å². The molecule has 2 heterocycles. The van der Waals surface area contributed by atoms with Gasteiger partial charge in [-0.1, -0.05) is 0 Å². The molecule has 0 aliphatic carbocycles. The first-order valence-electron chi connectivity index (χ1n) is 5.75. The van der Waals surface area contributed by atoms with Crippen molar-refractivity contribution < 1.29 is 18.3 Å². The highest BCUT2D eigenvalue weighted by Crippen LogP contribution is 2.36. The first kappa shape index (κ1) is 15.0. The van der Waals surface area contributed by atoms with Crippen LogP contribution in [0, 0.1) is 12.8 Å². The van der Waals surface area contributed by atoms with Crippen molar-refractivity contribution in [2.75, 3.05) is 6.54 Å². The minimum Gasteiger partial charge on any atom is -0.481 e.